The van der Waals surface area contributed by atoms with E-state index in [-0.39, 0.29) is 5.54 Å². The Morgan fingerprint density at radius 3 is 1.88 bits per heavy atom. The summed E-state index contributed by atoms with van der Waals surface area (Å²) in [6, 6.07) is 57.9. The van der Waals surface area contributed by atoms with E-state index in [9.17, 15) is 0 Å². The Labute approximate surface area is 281 Å². The highest BCUT2D eigenvalue weighted by Crippen LogP contribution is 2.45. The van der Waals surface area contributed by atoms with Gasteiger partial charge in [0.2, 0.25) is 5.89 Å². The van der Waals surface area contributed by atoms with Crippen molar-refractivity contribution in [3.8, 4) is 44.8 Å². The SMILES string of the molecule is CC(C)(C)N(c1cccc(-c2ccccc2)c1)c1ccc(-c2ccc3ccccc3c2)cc1-c1cccc2nc(-c3ccccc3)oc12. The Hall–Kier alpha value is -5.93. The summed E-state index contributed by atoms with van der Waals surface area (Å²) < 4.78 is 6.62. The lowest BCUT2D eigenvalue weighted by molar-refractivity contribution is 0.560. The van der Waals surface area contributed by atoms with Gasteiger partial charge >= 0.3 is 0 Å². The number of hydrogen-bond donors (Lipinski definition) is 0. The molecule has 0 N–H and O–H groups in total. The van der Waals surface area contributed by atoms with Crippen molar-refractivity contribution in [2.75, 3.05) is 4.90 Å². The number of para-hydroxylation sites is 1. The monoisotopic (exact) mass is 620 g/mol. The zero-order valence-corrected chi connectivity index (χ0v) is 27.4. The molecule has 0 fully saturated rings. The van der Waals surface area contributed by atoms with Gasteiger partial charge in [0, 0.05) is 33.6 Å². The van der Waals surface area contributed by atoms with Gasteiger partial charge in [-0.2, -0.15) is 0 Å². The number of aromatic nitrogens is 1. The van der Waals surface area contributed by atoms with E-state index in [2.05, 4.69) is 153 Å². The van der Waals surface area contributed by atoms with Crippen LogP contribution in [0, 0.1) is 0 Å². The fourth-order valence-corrected chi connectivity index (χ4v) is 6.70. The number of nitrogens with zero attached hydrogens (tertiary/aromatic N) is 2. The minimum absolute atomic E-state index is 0.251. The quantitative estimate of drug-likeness (QED) is 0.185. The summed E-state index contributed by atoms with van der Waals surface area (Å²) in [6.45, 7) is 6.81. The number of anilines is 2. The third kappa shape index (κ3) is 5.54. The lowest BCUT2D eigenvalue weighted by Gasteiger charge is -2.39. The van der Waals surface area contributed by atoms with Gasteiger partial charge in [-0.25, -0.2) is 4.98 Å². The van der Waals surface area contributed by atoms with Crippen LogP contribution >= 0.6 is 0 Å². The van der Waals surface area contributed by atoms with Crippen LogP contribution in [0.25, 0.3) is 66.7 Å². The highest BCUT2D eigenvalue weighted by molar-refractivity contribution is 5.99. The smallest absolute Gasteiger partial charge is 0.227 e. The van der Waals surface area contributed by atoms with Crippen LogP contribution in [0.3, 0.4) is 0 Å². The van der Waals surface area contributed by atoms with Gasteiger partial charge in [-0.05, 0) is 102 Å². The molecule has 8 rings (SSSR count). The topological polar surface area (TPSA) is 29.3 Å². The van der Waals surface area contributed by atoms with E-state index in [1.807, 2.05) is 36.4 Å². The van der Waals surface area contributed by atoms with Gasteiger partial charge < -0.3 is 9.32 Å². The predicted octanol–water partition coefficient (Wildman–Crippen LogP) is 12.6. The molecule has 1 aromatic heterocycles. The van der Waals surface area contributed by atoms with E-state index in [0.717, 1.165) is 44.7 Å². The lowest BCUT2D eigenvalue weighted by Crippen LogP contribution is -2.38. The fourth-order valence-electron chi connectivity index (χ4n) is 6.70. The first-order valence-electron chi connectivity index (χ1n) is 16.5. The molecule has 0 bridgehead atoms. The molecular weight excluding hydrogens is 585 g/mol. The molecule has 0 saturated carbocycles. The Morgan fingerprint density at radius 1 is 0.479 bits per heavy atom. The third-order valence-corrected chi connectivity index (χ3v) is 8.93. The van der Waals surface area contributed by atoms with Crippen LogP contribution in [-0.2, 0) is 0 Å². The van der Waals surface area contributed by atoms with Gasteiger partial charge in [0.05, 0.1) is 0 Å². The average molecular weight is 621 g/mol. The molecule has 0 aliphatic carbocycles. The molecule has 3 nitrogen and oxygen atoms in total. The molecule has 0 radical (unpaired) electrons. The Balaban J connectivity index is 1.36. The van der Waals surface area contributed by atoms with Gasteiger partial charge in [0.15, 0.2) is 5.58 Å². The minimum atomic E-state index is -0.251. The Bertz CT molecular complexity index is 2380. The van der Waals surface area contributed by atoms with E-state index < -0.39 is 0 Å². The number of benzene rings is 7. The molecule has 7 aromatic carbocycles. The first-order valence-corrected chi connectivity index (χ1v) is 16.5. The van der Waals surface area contributed by atoms with Crippen molar-refractivity contribution < 1.29 is 4.42 Å². The van der Waals surface area contributed by atoms with Crippen LogP contribution in [-0.4, -0.2) is 10.5 Å². The zero-order valence-electron chi connectivity index (χ0n) is 27.4. The van der Waals surface area contributed by atoms with Crippen LogP contribution in [0.1, 0.15) is 20.8 Å². The molecule has 232 valence electrons. The predicted molar refractivity (Wildman–Crippen MR) is 202 cm³/mol. The van der Waals surface area contributed by atoms with E-state index in [1.165, 1.54) is 27.5 Å². The molecule has 0 aliphatic rings. The van der Waals surface area contributed by atoms with Crippen LogP contribution in [0.5, 0.6) is 0 Å². The minimum Gasteiger partial charge on any atom is -0.435 e. The molecule has 0 amide bonds. The maximum absolute atomic E-state index is 6.62. The summed E-state index contributed by atoms with van der Waals surface area (Å²) in [5, 5.41) is 2.45. The van der Waals surface area contributed by atoms with Gasteiger partial charge in [-0.3, -0.25) is 0 Å². The van der Waals surface area contributed by atoms with Crippen molar-refractivity contribution in [2.24, 2.45) is 0 Å². The zero-order chi connectivity index (χ0) is 32.7. The standard InChI is InChI=1S/C45H36N2O/c1-45(2,3)47(38-21-12-20-35(29-38)31-14-6-4-7-15-31)42-27-26-37(36-25-24-32-16-10-11-19-34(32)28-36)30-40(42)39-22-13-23-41-43(39)48-44(46-41)33-17-8-5-9-18-33/h4-30H,1-3H3. The molecule has 0 atom stereocenters. The molecule has 0 aliphatic heterocycles. The summed E-state index contributed by atoms with van der Waals surface area (Å²) in [6.07, 6.45) is 0. The van der Waals surface area contributed by atoms with Crippen LogP contribution in [0.15, 0.2) is 168 Å². The molecule has 8 aromatic rings. The number of fused-ring (bicyclic) bond motifs is 2. The highest BCUT2D eigenvalue weighted by atomic mass is 16.3. The van der Waals surface area contributed by atoms with Crippen molar-refractivity contribution in [2.45, 2.75) is 26.3 Å². The fraction of sp³-hybridized carbons (Fsp3) is 0.0889. The van der Waals surface area contributed by atoms with E-state index in [1.54, 1.807) is 0 Å². The van der Waals surface area contributed by atoms with Crippen molar-refractivity contribution in [3.63, 3.8) is 0 Å². The largest absolute Gasteiger partial charge is 0.435 e. The molecule has 1 heterocycles. The van der Waals surface area contributed by atoms with Gasteiger partial charge in [-0.15, -0.1) is 0 Å². The molecule has 0 spiro atoms. The average Bonchev–Trinajstić information content (AvgIpc) is 3.57. The first-order chi connectivity index (χ1) is 23.4. The van der Waals surface area contributed by atoms with Crippen molar-refractivity contribution >= 4 is 33.2 Å². The maximum Gasteiger partial charge on any atom is 0.227 e. The van der Waals surface area contributed by atoms with E-state index >= 15 is 0 Å². The molecule has 3 heteroatoms. The number of rotatable bonds is 6. The molecule has 0 unspecified atom stereocenters. The summed E-state index contributed by atoms with van der Waals surface area (Å²) in [4.78, 5) is 7.38. The molecule has 48 heavy (non-hydrogen) atoms. The second kappa shape index (κ2) is 12.0. The van der Waals surface area contributed by atoms with Crippen LogP contribution in [0.4, 0.5) is 11.4 Å². The van der Waals surface area contributed by atoms with Crippen LogP contribution < -0.4 is 4.90 Å². The summed E-state index contributed by atoms with van der Waals surface area (Å²) in [7, 11) is 0. The maximum atomic E-state index is 6.62. The van der Waals surface area contributed by atoms with Crippen molar-refractivity contribution in [3.05, 3.63) is 164 Å². The second-order valence-corrected chi connectivity index (χ2v) is 13.3. The van der Waals surface area contributed by atoms with E-state index in [4.69, 9.17) is 9.40 Å². The summed E-state index contributed by atoms with van der Waals surface area (Å²) >= 11 is 0. The normalized spacial score (nSPS) is 11.6. The Kier molecular flexibility index (Phi) is 7.38. The first kappa shape index (κ1) is 29.5. The van der Waals surface area contributed by atoms with Gasteiger partial charge in [0.1, 0.15) is 5.52 Å². The Morgan fingerprint density at radius 2 is 1.10 bits per heavy atom. The van der Waals surface area contributed by atoms with Gasteiger partial charge in [-0.1, -0.05) is 115 Å². The molecular formula is C45H36N2O. The molecule has 0 saturated heterocycles. The number of hydrogen-bond acceptors (Lipinski definition) is 3. The summed E-state index contributed by atoms with van der Waals surface area (Å²) in [5.74, 6) is 0.619. The van der Waals surface area contributed by atoms with Crippen molar-refractivity contribution in [1.29, 1.82) is 0 Å². The summed E-state index contributed by atoms with van der Waals surface area (Å²) in [5.41, 5.74) is 11.3. The highest BCUT2D eigenvalue weighted by Gasteiger charge is 2.28. The number of oxazole rings is 1. The van der Waals surface area contributed by atoms with Crippen molar-refractivity contribution in [1.82, 2.24) is 4.98 Å². The lowest BCUT2D eigenvalue weighted by atomic mass is 9.92. The van der Waals surface area contributed by atoms with Crippen LogP contribution in [0.2, 0.25) is 0 Å². The third-order valence-electron chi connectivity index (χ3n) is 8.93. The van der Waals surface area contributed by atoms with E-state index in [0.29, 0.717) is 5.89 Å². The van der Waals surface area contributed by atoms with Gasteiger partial charge in [0.25, 0.3) is 0 Å². The second-order valence-electron chi connectivity index (χ2n) is 13.3.